The highest BCUT2D eigenvalue weighted by atomic mass is 79.9. The van der Waals surface area contributed by atoms with Gasteiger partial charge in [-0.15, -0.1) is 0 Å². The van der Waals surface area contributed by atoms with Crippen LogP contribution in [0.1, 0.15) is 16.0 Å². The first-order chi connectivity index (χ1) is 9.11. The lowest BCUT2D eigenvalue weighted by Gasteiger charge is -2.13. The van der Waals surface area contributed by atoms with E-state index in [0.29, 0.717) is 10.0 Å². The molecule has 0 aromatic heterocycles. The third kappa shape index (κ3) is 3.65. The zero-order chi connectivity index (χ0) is 13.8. The van der Waals surface area contributed by atoms with Crippen molar-refractivity contribution in [1.29, 1.82) is 0 Å². The normalized spacial score (nSPS) is 12.2. The van der Waals surface area contributed by atoms with Crippen LogP contribution in [0.2, 0.25) is 10.0 Å². The number of ether oxygens (including phenoxy) is 1. The predicted octanol–water partition coefficient (Wildman–Crippen LogP) is 5.68. The van der Waals surface area contributed by atoms with Gasteiger partial charge in [-0.25, -0.2) is 0 Å². The number of rotatable bonds is 4. The Balaban J connectivity index is 2.15. The summed E-state index contributed by atoms with van der Waals surface area (Å²) in [5.41, 5.74) is 2.21. The van der Waals surface area contributed by atoms with Gasteiger partial charge < -0.3 is 4.74 Å². The number of methoxy groups -OCH3 is 1. The van der Waals surface area contributed by atoms with Gasteiger partial charge in [0.05, 0.1) is 17.2 Å². The molecule has 1 atom stereocenters. The summed E-state index contributed by atoms with van der Waals surface area (Å²) in [5.74, 6) is 0.857. The molecular weight excluding hydrogens is 347 g/mol. The van der Waals surface area contributed by atoms with Crippen LogP contribution in [-0.4, -0.2) is 7.11 Å². The van der Waals surface area contributed by atoms with Gasteiger partial charge in [0.1, 0.15) is 5.75 Å². The maximum Gasteiger partial charge on any atom is 0.118 e. The maximum atomic E-state index is 6.22. The van der Waals surface area contributed by atoms with E-state index in [0.717, 1.165) is 17.7 Å². The van der Waals surface area contributed by atoms with Crippen LogP contribution in [0.4, 0.5) is 0 Å². The molecule has 0 aliphatic rings. The maximum absolute atomic E-state index is 6.22. The summed E-state index contributed by atoms with van der Waals surface area (Å²) in [6.45, 7) is 0. The minimum absolute atomic E-state index is 0.132. The molecule has 2 aromatic carbocycles. The number of benzene rings is 2. The second kappa shape index (κ2) is 6.65. The third-order valence-electron chi connectivity index (χ3n) is 2.89. The highest BCUT2D eigenvalue weighted by Gasteiger charge is 2.14. The first-order valence-electron chi connectivity index (χ1n) is 5.82. The summed E-state index contributed by atoms with van der Waals surface area (Å²) >= 11 is 15.9. The largest absolute Gasteiger partial charge is 0.497 e. The van der Waals surface area contributed by atoms with Crippen molar-refractivity contribution in [3.63, 3.8) is 0 Å². The molecule has 1 unspecified atom stereocenters. The first kappa shape index (κ1) is 14.7. The minimum atomic E-state index is 0.132. The molecule has 1 nitrogen and oxygen atoms in total. The van der Waals surface area contributed by atoms with Crippen LogP contribution in [0.5, 0.6) is 5.75 Å². The molecule has 2 rings (SSSR count). The van der Waals surface area contributed by atoms with Gasteiger partial charge in [0, 0.05) is 4.83 Å². The van der Waals surface area contributed by atoms with E-state index in [-0.39, 0.29) is 4.83 Å². The molecule has 0 radical (unpaired) electrons. The van der Waals surface area contributed by atoms with E-state index in [1.165, 1.54) is 5.56 Å². The zero-order valence-corrected chi connectivity index (χ0v) is 13.5. The molecule has 0 spiro atoms. The van der Waals surface area contributed by atoms with Crippen molar-refractivity contribution < 1.29 is 4.74 Å². The van der Waals surface area contributed by atoms with Gasteiger partial charge in [0.25, 0.3) is 0 Å². The fourth-order valence-corrected chi connectivity index (χ4v) is 3.17. The lowest BCUT2D eigenvalue weighted by Crippen LogP contribution is -1.97. The van der Waals surface area contributed by atoms with E-state index in [1.807, 2.05) is 36.4 Å². The molecule has 100 valence electrons. The van der Waals surface area contributed by atoms with Gasteiger partial charge in [-0.3, -0.25) is 0 Å². The second-order valence-corrected chi connectivity index (χ2v) is 6.05. The summed E-state index contributed by atoms with van der Waals surface area (Å²) in [4.78, 5) is 0.132. The van der Waals surface area contributed by atoms with Crippen LogP contribution in [0.3, 0.4) is 0 Å². The summed E-state index contributed by atoms with van der Waals surface area (Å²) < 4.78 is 5.14. The van der Waals surface area contributed by atoms with Crippen LogP contribution in [0.25, 0.3) is 0 Å². The molecule has 0 fully saturated rings. The van der Waals surface area contributed by atoms with Crippen molar-refractivity contribution >= 4 is 39.1 Å². The van der Waals surface area contributed by atoms with Crippen LogP contribution in [0.15, 0.2) is 42.5 Å². The lowest BCUT2D eigenvalue weighted by molar-refractivity contribution is 0.414. The predicted molar refractivity (Wildman–Crippen MR) is 84.8 cm³/mol. The minimum Gasteiger partial charge on any atom is -0.497 e. The van der Waals surface area contributed by atoms with E-state index >= 15 is 0 Å². The lowest BCUT2D eigenvalue weighted by atomic mass is 10.0. The Bertz CT molecular complexity index is 555. The quantitative estimate of drug-likeness (QED) is 0.638. The second-order valence-electron chi connectivity index (χ2n) is 4.16. The van der Waals surface area contributed by atoms with Crippen molar-refractivity contribution in [2.24, 2.45) is 0 Å². The van der Waals surface area contributed by atoms with Crippen molar-refractivity contribution in [2.45, 2.75) is 11.2 Å². The molecule has 0 heterocycles. The van der Waals surface area contributed by atoms with Crippen molar-refractivity contribution in [1.82, 2.24) is 0 Å². The standard InChI is InChI=1S/C15H13BrCl2O/c1-19-11-7-5-10(6-8-11)9-13(16)12-3-2-4-14(17)15(12)18/h2-8,13H,9H2,1H3. The fraction of sp³-hybridized carbons (Fsp3) is 0.200. The third-order valence-corrected chi connectivity index (χ3v) is 4.54. The molecule has 0 bridgehead atoms. The molecule has 2 aromatic rings. The Labute approximate surface area is 131 Å². The SMILES string of the molecule is COc1ccc(CC(Br)c2cccc(Cl)c2Cl)cc1. The Morgan fingerprint density at radius 1 is 1.11 bits per heavy atom. The smallest absolute Gasteiger partial charge is 0.118 e. The fourth-order valence-electron chi connectivity index (χ4n) is 1.84. The number of halogens is 3. The Kier molecular flexibility index (Phi) is 5.14. The first-order valence-corrected chi connectivity index (χ1v) is 7.50. The van der Waals surface area contributed by atoms with E-state index in [2.05, 4.69) is 15.9 Å². The highest BCUT2D eigenvalue weighted by molar-refractivity contribution is 9.09. The summed E-state index contributed by atoms with van der Waals surface area (Å²) in [6.07, 6.45) is 0.837. The van der Waals surface area contributed by atoms with E-state index in [4.69, 9.17) is 27.9 Å². The van der Waals surface area contributed by atoms with Crippen molar-refractivity contribution in [2.75, 3.05) is 7.11 Å². The molecular formula is C15H13BrCl2O. The molecule has 19 heavy (non-hydrogen) atoms. The van der Waals surface area contributed by atoms with Gasteiger partial charge in [-0.2, -0.15) is 0 Å². The van der Waals surface area contributed by atoms with E-state index in [1.54, 1.807) is 13.2 Å². The van der Waals surface area contributed by atoms with Crippen molar-refractivity contribution in [3.8, 4) is 5.75 Å². The van der Waals surface area contributed by atoms with E-state index < -0.39 is 0 Å². The van der Waals surface area contributed by atoms with Crippen LogP contribution in [-0.2, 0) is 6.42 Å². The van der Waals surface area contributed by atoms with Crippen LogP contribution in [0, 0.1) is 0 Å². The summed E-state index contributed by atoms with van der Waals surface area (Å²) in [6, 6.07) is 13.7. The molecule has 0 aliphatic carbocycles. The van der Waals surface area contributed by atoms with E-state index in [9.17, 15) is 0 Å². The summed E-state index contributed by atoms with van der Waals surface area (Å²) in [5, 5.41) is 1.19. The molecule has 0 amide bonds. The van der Waals surface area contributed by atoms with Crippen LogP contribution < -0.4 is 4.74 Å². The monoisotopic (exact) mass is 358 g/mol. The van der Waals surface area contributed by atoms with Gasteiger partial charge in [0.2, 0.25) is 0 Å². The number of hydrogen-bond acceptors (Lipinski definition) is 1. The highest BCUT2D eigenvalue weighted by Crippen LogP contribution is 2.36. The van der Waals surface area contributed by atoms with Gasteiger partial charge in [0.15, 0.2) is 0 Å². The van der Waals surface area contributed by atoms with Crippen LogP contribution >= 0.6 is 39.1 Å². The molecule has 0 N–H and O–H groups in total. The number of alkyl halides is 1. The Morgan fingerprint density at radius 3 is 2.42 bits per heavy atom. The van der Waals surface area contributed by atoms with Gasteiger partial charge in [-0.05, 0) is 35.7 Å². The topological polar surface area (TPSA) is 9.23 Å². The molecule has 0 saturated heterocycles. The zero-order valence-electron chi connectivity index (χ0n) is 10.4. The average molecular weight is 360 g/mol. The summed E-state index contributed by atoms with van der Waals surface area (Å²) in [7, 11) is 1.66. The van der Waals surface area contributed by atoms with Gasteiger partial charge in [-0.1, -0.05) is 63.4 Å². The molecule has 0 saturated carbocycles. The number of hydrogen-bond donors (Lipinski definition) is 0. The Hall–Kier alpha value is -0.700. The van der Waals surface area contributed by atoms with Crippen molar-refractivity contribution in [3.05, 3.63) is 63.6 Å². The molecule has 0 aliphatic heterocycles. The molecule has 4 heteroatoms. The van der Waals surface area contributed by atoms with Gasteiger partial charge >= 0.3 is 0 Å². The average Bonchev–Trinajstić information content (AvgIpc) is 2.42. The Morgan fingerprint density at radius 2 is 1.79 bits per heavy atom.